The zero-order chi connectivity index (χ0) is 17.6. The first-order valence-electron chi connectivity index (χ1n) is 6.54. The smallest absolute Gasteiger partial charge is 0.388 e. The minimum atomic E-state index is -4.79. The third kappa shape index (κ3) is 6.69. The SMILES string of the molecule is CC(O[C@H](COP(=O)(O)O)C(O)CF)[n+]1cccc(C(N)=O)c1. The van der Waals surface area contributed by atoms with Gasteiger partial charge in [-0.15, -0.1) is 0 Å². The number of halogens is 1. The molecular weight excluding hydrogens is 334 g/mol. The molecule has 1 heterocycles. The number of alkyl halides is 1. The van der Waals surface area contributed by atoms with E-state index in [1.54, 1.807) is 6.20 Å². The number of rotatable bonds is 9. The van der Waals surface area contributed by atoms with Crippen LogP contribution >= 0.6 is 7.82 Å². The van der Waals surface area contributed by atoms with Gasteiger partial charge in [-0.25, -0.2) is 8.96 Å². The first kappa shape index (κ1) is 19.6. The molecule has 1 rings (SSSR count). The number of carbonyl (C=O) groups excluding carboxylic acids is 1. The van der Waals surface area contributed by atoms with E-state index in [1.807, 2.05) is 0 Å². The van der Waals surface area contributed by atoms with E-state index >= 15 is 0 Å². The van der Waals surface area contributed by atoms with Gasteiger partial charge >= 0.3 is 7.82 Å². The summed E-state index contributed by atoms with van der Waals surface area (Å²) in [6.07, 6.45) is -0.826. The van der Waals surface area contributed by atoms with Crippen molar-refractivity contribution in [3.8, 4) is 0 Å². The molecule has 1 aromatic rings. The third-order valence-electron chi connectivity index (χ3n) is 2.89. The van der Waals surface area contributed by atoms with Crippen molar-refractivity contribution in [2.75, 3.05) is 13.3 Å². The Kier molecular flexibility index (Phi) is 7.20. The highest BCUT2D eigenvalue weighted by Crippen LogP contribution is 2.36. The molecule has 1 amide bonds. The van der Waals surface area contributed by atoms with Gasteiger partial charge < -0.3 is 25.4 Å². The highest BCUT2D eigenvalue weighted by atomic mass is 31.2. The van der Waals surface area contributed by atoms with Gasteiger partial charge in [-0.3, -0.25) is 9.32 Å². The number of nitrogens with zero attached hydrogens (tertiary/aromatic N) is 1. The van der Waals surface area contributed by atoms with E-state index < -0.39 is 45.4 Å². The van der Waals surface area contributed by atoms with Crippen molar-refractivity contribution >= 4 is 13.7 Å². The maximum atomic E-state index is 12.6. The lowest BCUT2D eigenvalue weighted by molar-refractivity contribution is -0.761. The van der Waals surface area contributed by atoms with Gasteiger partial charge in [-0.1, -0.05) is 0 Å². The lowest BCUT2D eigenvalue weighted by Gasteiger charge is -2.22. The molecule has 1 aromatic heterocycles. The topological polar surface area (TPSA) is 143 Å². The summed E-state index contributed by atoms with van der Waals surface area (Å²) in [5.74, 6) is -0.656. The van der Waals surface area contributed by atoms with Crippen LogP contribution in [0.2, 0.25) is 0 Å². The molecule has 5 N–H and O–H groups in total. The van der Waals surface area contributed by atoms with Crippen LogP contribution in [0, 0.1) is 0 Å². The second-order valence-corrected chi connectivity index (χ2v) is 5.93. The molecule has 130 valence electrons. The fourth-order valence-electron chi connectivity index (χ4n) is 1.70. The summed E-state index contributed by atoms with van der Waals surface area (Å²) in [6, 6.07) is 3.02. The Labute approximate surface area is 131 Å². The van der Waals surface area contributed by atoms with Gasteiger partial charge in [-0.05, 0) is 6.07 Å². The molecule has 9 nitrogen and oxygen atoms in total. The predicted molar refractivity (Wildman–Crippen MR) is 74.7 cm³/mol. The molecule has 0 aliphatic rings. The van der Waals surface area contributed by atoms with Crippen LogP contribution in [0.1, 0.15) is 23.5 Å². The van der Waals surface area contributed by atoms with Crippen LogP contribution in [-0.4, -0.2) is 46.3 Å². The van der Waals surface area contributed by atoms with Crippen LogP contribution in [0.25, 0.3) is 0 Å². The average Bonchev–Trinajstić information content (AvgIpc) is 2.49. The number of aliphatic hydroxyl groups is 1. The van der Waals surface area contributed by atoms with E-state index in [9.17, 15) is 18.9 Å². The lowest BCUT2D eigenvalue weighted by atomic mass is 10.2. The summed E-state index contributed by atoms with van der Waals surface area (Å²) in [7, 11) is -4.79. The van der Waals surface area contributed by atoms with Crippen LogP contribution in [0.15, 0.2) is 24.5 Å². The molecule has 23 heavy (non-hydrogen) atoms. The zero-order valence-electron chi connectivity index (χ0n) is 12.3. The van der Waals surface area contributed by atoms with Crippen molar-refractivity contribution in [3.63, 3.8) is 0 Å². The monoisotopic (exact) mass is 353 g/mol. The van der Waals surface area contributed by atoms with Crippen molar-refractivity contribution in [1.82, 2.24) is 0 Å². The summed E-state index contributed by atoms with van der Waals surface area (Å²) < 4.78 is 34.4. The van der Waals surface area contributed by atoms with Gasteiger partial charge in [0, 0.05) is 13.0 Å². The van der Waals surface area contributed by atoms with Gasteiger partial charge in [0.2, 0.25) is 0 Å². The van der Waals surface area contributed by atoms with Crippen LogP contribution in [0.5, 0.6) is 0 Å². The Morgan fingerprint density at radius 2 is 2.17 bits per heavy atom. The number of pyridine rings is 1. The van der Waals surface area contributed by atoms with Crippen molar-refractivity contribution < 1.29 is 42.5 Å². The predicted octanol–water partition coefficient (Wildman–Crippen LogP) is -0.584. The number of hydrogen-bond donors (Lipinski definition) is 4. The summed E-state index contributed by atoms with van der Waals surface area (Å²) in [6.45, 7) is -0.371. The molecular formula is C12H19FN2O7P+. The van der Waals surface area contributed by atoms with Crippen molar-refractivity contribution in [3.05, 3.63) is 30.1 Å². The number of aliphatic hydroxyl groups excluding tert-OH is 1. The first-order valence-corrected chi connectivity index (χ1v) is 8.07. The Hall–Kier alpha value is -1.42. The number of phosphoric acid groups is 1. The van der Waals surface area contributed by atoms with Crippen molar-refractivity contribution in [1.29, 1.82) is 0 Å². The fourth-order valence-corrected chi connectivity index (χ4v) is 2.04. The third-order valence-corrected chi connectivity index (χ3v) is 3.38. The van der Waals surface area contributed by atoms with E-state index in [0.29, 0.717) is 0 Å². The maximum absolute atomic E-state index is 12.6. The molecule has 3 atom stereocenters. The van der Waals surface area contributed by atoms with Gasteiger partial charge in [0.05, 0.1) is 6.61 Å². The van der Waals surface area contributed by atoms with E-state index in [2.05, 4.69) is 4.52 Å². The Morgan fingerprint density at radius 3 is 2.70 bits per heavy atom. The zero-order valence-corrected chi connectivity index (χ0v) is 13.2. The largest absolute Gasteiger partial charge is 0.469 e. The second-order valence-electron chi connectivity index (χ2n) is 4.69. The number of amides is 1. The maximum Gasteiger partial charge on any atom is 0.469 e. The van der Waals surface area contributed by atoms with Gasteiger partial charge in [0.1, 0.15) is 24.4 Å². The van der Waals surface area contributed by atoms with Crippen molar-refractivity contribution in [2.24, 2.45) is 5.73 Å². The van der Waals surface area contributed by atoms with Gasteiger partial charge in [0.25, 0.3) is 12.1 Å². The van der Waals surface area contributed by atoms with Crippen LogP contribution in [-0.2, 0) is 13.8 Å². The number of primary amides is 1. The van der Waals surface area contributed by atoms with Gasteiger partial charge in [0.15, 0.2) is 12.4 Å². The molecule has 0 saturated heterocycles. The molecule has 0 bridgehead atoms. The lowest BCUT2D eigenvalue weighted by Crippen LogP contribution is -2.45. The van der Waals surface area contributed by atoms with E-state index in [1.165, 1.54) is 29.8 Å². The molecule has 0 aliphatic heterocycles. The number of ether oxygens (including phenoxy) is 1. The Bertz CT molecular complexity index is 582. The van der Waals surface area contributed by atoms with E-state index in [0.717, 1.165) is 0 Å². The molecule has 0 radical (unpaired) electrons. The molecule has 0 spiro atoms. The Balaban J connectivity index is 2.83. The standard InChI is InChI=1S/C12H18FN2O7P/c1-8(15-4-2-3-9(6-15)12(14)17)22-11(10(16)5-13)7-21-23(18,19)20/h2-4,6,8,10-11,16H,5,7H2,1H3,(H3-,14,17,18,19,20)/p+1/t8?,10?,11-/m1/s1. The number of hydrogen-bond acceptors (Lipinski definition) is 5. The summed E-state index contributed by atoms with van der Waals surface area (Å²) in [4.78, 5) is 28.5. The van der Waals surface area contributed by atoms with E-state index in [-0.39, 0.29) is 5.56 Å². The second kappa shape index (κ2) is 8.44. The average molecular weight is 353 g/mol. The minimum absolute atomic E-state index is 0.206. The van der Waals surface area contributed by atoms with Gasteiger partial charge in [-0.2, -0.15) is 4.57 Å². The number of carbonyl (C=O) groups is 1. The molecule has 11 heteroatoms. The van der Waals surface area contributed by atoms with Crippen molar-refractivity contribution in [2.45, 2.75) is 25.4 Å². The summed E-state index contributed by atoms with van der Waals surface area (Å²) >= 11 is 0. The molecule has 0 aromatic carbocycles. The van der Waals surface area contributed by atoms with Crippen LogP contribution in [0.4, 0.5) is 4.39 Å². The van der Waals surface area contributed by atoms with Crippen LogP contribution < -0.4 is 10.3 Å². The highest BCUT2D eigenvalue weighted by molar-refractivity contribution is 7.46. The number of phosphoric ester groups is 1. The molecule has 2 unspecified atom stereocenters. The fraction of sp³-hybridized carbons (Fsp3) is 0.500. The number of nitrogens with two attached hydrogens (primary N) is 1. The van der Waals surface area contributed by atoms with Crippen LogP contribution in [0.3, 0.4) is 0 Å². The number of aromatic nitrogens is 1. The molecule has 0 fully saturated rings. The normalized spacial score (nSPS) is 15.9. The quantitative estimate of drug-likeness (QED) is 0.343. The highest BCUT2D eigenvalue weighted by Gasteiger charge is 2.29. The summed E-state index contributed by atoms with van der Waals surface area (Å²) in [5, 5.41) is 9.54. The van der Waals surface area contributed by atoms with E-state index in [4.69, 9.17) is 20.3 Å². The first-order chi connectivity index (χ1) is 10.6. The molecule has 0 saturated carbocycles. The molecule has 0 aliphatic carbocycles. The minimum Gasteiger partial charge on any atom is -0.388 e. The summed E-state index contributed by atoms with van der Waals surface area (Å²) in [5.41, 5.74) is 5.37. The Morgan fingerprint density at radius 1 is 1.52 bits per heavy atom.